The van der Waals surface area contributed by atoms with Gasteiger partial charge < -0.3 is 5.11 Å². The number of rotatable bonds is 0. The predicted molar refractivity (Wildman–Crippen MR) is 45.9 cm³/mol. The average molecular weight is 164 g/mol. The van der Waals surface area contributed by atoms with Gasteiger partial charge in [0.1, 0.15) is 6.23 Å². The third kappa shape index (κ3) is 1.22. The largest absolute Gasteiger partial charge is 0.377 e. The Labute approximate surface area is 71.4 Å². The highest BCUT2D eigenvalue weighted by Gasteiger charge is 2.20. The highest BCUT2D eigenvalue weighted by molar-refractivity contribution is 5.29. The molecule has 3 nitrogen and oxygen atoms in total. The summed E-state index contributed by atoms with van der Waals surface area (Å²) in [5.41, 5.74) is 2.41. The van der Waals surface area contributed by atoms with Crippen molar-refractivity contribution in [1.82, 2.24) is 5.01 Å². The van der Waals surface area contributed by atoms with Crippen molar-refractivity contribution in [3.63, 3.8) is 0 Å². The van der Waals surface area contributed by atoms with Crippen LogP contribution in [0.4, 0.5) is 0 Å². The standard InChI is InChI=1S/C9H12N2O/c10-11-6-8-4-2-1-3-7(8)5-9(11)12/h1-4,9,12H,5-6,10H2. The summed E-state index contributed by atoms with van der Waals surface area (Å²) in [6.45, 7) is 0.636. The lowest BCUT2D eigenvalue weighted by Crippen LogP contribution is -2.44. The van der Waals surface area contributed by atoms with Gasteiger partial charge in [-0.05, 0) is 11.1 Å². The Morgan fingerprint density at radius 1 is 1.33 bits per heavy atom. The Hall–Kier alpha value is -0.900. The summed E-state index contributed by atoms with van der Waals surface area (Å²) in [5, 5.41) is 10.9. The molecular formula is C9H12N2O. The van der Waals surface area contributed by atoms with E-state index in [1.165, 1.54) is 16.1 Å². The molecule has 1 aliphatic heterocycles. The van der Waals surface area contributed by atoms with Crippen molar-refractivity contribution < 1.29 is 5.11 Å². The van der Waals surface area contributed by atoms with Crippen molar-refractivity contribution in [3.8, 4) is 0 Å². The lowest BCUT2D eigenvalue weighted by molar-refractivity contribution is -0.0110. The molecule has 0 amide bonds. The molecule has 1 aromatic carbocycles. The van der Waals surface area contributed by atoms with E-state index >= 15 is 0 Å². The second-order valence-electron chi connectivity index (χ2n) is 3.13. The third-order valence-electron chi connectivity index (χ3n) is 2.26. The van der Waals surface area contributed by atoms with E-state index in [0.717, 1.165) is 0 Å². The first-order chi connectivity index (χ1) is 5.77. The number of aliphatic hydroxyl groups excluding tert-OH is 1. The van der Waals surface area contributed by atoms with Crippen LogP contribution in [0.25, 0.3) is 0 Å². The molecule has 0 radical (unpaired) electrons. The lowest BCUT2D eigenvalue weighted by Gasteiger charge is -2.29. The monoisotopic (exact) mass is 164 g/mol. The van der Waals surface area contributed by atoms with Crippen LogP contribution in [0.15, 0.2) is 24.3 Å². The normalized spacial score (nSPS) is 23.7. The number of hydrogen-bond donors (Lipinski definition) is 2. The Morgan fingerprint density at radius 3 is 2.75 bits per heavy atom. The van der Waals surface area contributed by atoms with Gasteiger partial charge in [-0.1, -0.05) is 24.3 Å². The van der Waals surface area contributed by atoms with E-state index in [2.05, 4.69) is 0 Å². The van der Waals surface area contributed by atoms with Gasteiger partial charge in [-0.25, -0.2) is 5.01 Å². The summed E-state index contributed by atoms with van der Waals surface area (Å²) in [6.07, 6.45) is 0.104. The SMILES string of the molecule is NN1Cc2ccccc2CC1O. The van der Waals surface area contributed by atoms with E-state index in [1.54, 1.807) is 0 Å². The Morgan fingerprint density at radius 2 is 2.00 bits per heavy atom. The van der Waals surface area contributed by atoms with Crippen molar-refractivity contribution in [2.24, 2.45) is 5.84 Å². The number of nitrogens with zero attached hydrogens (tertiary/aromatic N) is 1. The van der Waals surface area contributed by atoms with Crippen LogP contribution in [0.1, 0.15) is 11.1 Å². The zero-order chi connectivity index (χ0) is 8.55. The lowest BCUT2D eigenvalue weighted by atomic mass is 10.00. The van der Waals surface area contributed by atoms with Gasteiger partial charge in [0, 0.05) is 13.0 Å². The van der Waals surface area contributed by atoms with E-state index < -0.39 is 6.23 Å². The number of nitrogens with two attached hydrogens (primary N) is 1. The van der Waals surface area contributed by atoms with Gasteiger partial charge in [-0.15, -0.1) is 0 Å². The van der Waals surface area contributed by atoms with Crippen LogP contribution in [0.2, 0.25) is 0 Å². The fraction of sp³-hybridized carbons (Fsp3) is 0.333. The van der Waals surface area contributed by atoms with Crippen LogP contribution < -0.4 is 5.84 Å². The minimum Gasteiger partial charge on any atom is -0.377 e. The number of benzene rings is 1. The number of aliphatic hydroxyl groups is 1. The first-order valence-electron chi connectivity index (χ1n) is 4.03. The molecule has 1 atom stereocenters. The van der Waals surface area contributed by atoms with Crippen LogP contribution in [0.3, 0.4) is 0 Å². The molecule has 0 saturated heterocycles. The van der Waals surface area contributed by atoms with Gasteiger partial charge in [0.15, 0.2) is 0 Å². The molecule has 0 saturated carbocycles. The molecule has 1 aliphatic rings. The Balaban J connectivity index is 2.34. The molecular weight excluding hydrogens is 152 g/mol. The van der Waals surface area contributed by atoms with Crippen molar-refractivity contribution >= 4 is 0 Å². The molecule has 3 N–H and O–H groups in total. The molecule has 1 aromatic rings. The van der Waals surface area contributed by atoms with Crippen LogP contribution in [0, 0.1) is 0 Å². The summed E-state index contributed by atoms with van der Waals surface area (Å²) in [6, 6.07) is 8.05. The van der Waals surface area contributed by atoms with Crippen molar-refractivity contribution in [1.29, 1.82) is 0 Å². The molecule has 0 bridgehead atoms. The first-order valence-corrected chi connectivity index (χ1v) is 4.03. The topological polar surface area (TPSA) is 49.5 Å². The number of hydrazine groups is 1. The molecule has 0 aromatic heterocycles. The van der Waals surface area contributed by atoms with Crippen molar-refractivity contribution in [3.05, 3.63) is 35.4 Å². The first kappa shape index (κ1) is 7.73. The smallest absolute Gasteiger partial charge is 0.123 e. The maximum atomic E-state index is 9.43. The van der Waals surface area contributed by atoms with E-state index in [9.17, 15) is 5.11 Å². The third-order valence-corrected chi connectivity index (χ3v) is 2.26. The predicted octanol–water partition coefficient (Wildman–Crippen LogP) is 0.237. The Kier molecular flexibility index (Phi) is 1.84. The molecule has 1 unspecified atom stereocenters. The summed E-state index contributed by atoms with van der Waals surface area (Å²) in [5.74, 6) is 5.58. The molecule has 0 aliphatic carbocycles. The van der Waals surface area contributed by atoms with Crippen LogP contribution in [0.5, 0.6) is 0 Å². The zero-order valence-electron chi connectivity index (χ0n) is 6.77. The van der Waals surface area contributed by atoms with E-state index in [1.807, 2.05) is 24.3 Å². The zero-order valence-corrected chi connectivity index (χ0v) is 6.77. The van der Waals surface area contributed by atoms with E-state index in [0.29, 0.717) is 13.0 Å². The average Bonchev–Trinajstić information content (AvgIpc) is 2.07. The second-order valence-corrected chi connectivity index (χ2v) is 3.13. The molecule has 2 rings (SSSR count). The van der Waals surface area contributed by atoms with Crippen molar-refractivity contribution in [2.45, 2.75) is 19.2 Å². The molecule has 1 heterocycles. The fourth-order valence-corrected chi connectivity index (χ4v) is 1.53. The fourth-order valence-electron chi connectivity index (χ4n) is 1.53. The minimum absolute atomic E-state index is 0.528. The van der Waals surface area contributed by atoms with Crippen LogP contribution in [-0.4, -0.2) is 16.3 Å². The second kappa shape index (κ2) is 2.86. The van der Waals surface area contributed by atoms with Crippen molar-refractivity contribution in [2.75, 3.05) is 0 Å². The van der Waals surface area contributed by atoms with Gasteiger partial charge in [-0.3, -0.25) is 5.84 Å². The summed E-state index contributed by atoms with van der Waals surface area (Å²) < 4.78 is 0. The van der Waals surface area contributed by atoms with E-state index in [-0.39, 0.29) is 0 Å². The van der Waals surface area contributed by atoms with Gasteiger partial charge >= 0.3 is 0 Å². The minimum atomic E-state index is -0.528. The van der Waals surface area contributed by atoms with Gasteiger partial charge in [-0.2, -0.15) is 0 Å². The van der Waals surface area contributed by atoms with Gasteiger partial charge in [0.25, 0.3) is 0 Å². The number of hydrogen-bond acceptors (Lipinski definition) is 3. The summed E-state index contributed by atoms with van der Waals surface area (Å²) in [7, 11) is 0. The highest BCUT2D eigenvalue weighted by atomic mass is 16.3. The molecule has 12 heavy (non-hydrogen) atoms. The molecule has 0 fully saturated rings. The Bertz CT molecular complexity index is 259. The summed E-state index contributed by atoms with van der Waals surface area (Å²) >= 11 is 0. The van der Waals surface area contributed by atoms with Gasteiger partial charge in [0.05, 0.1) is 0 Å². The molecule has 3 heteroatoms. The quantitative estimate of drug-likeness (QED) is 0.540. The van der Waals surface area contributed by atoms with E-state index in [4.69, 9.17) is 5.84 Å². The van der Waals surface area contributed by atoms with Crippen LogP contribution in [-0.2, 0) is 13.0 Å². The van der Waals surface area contributed by atoms with Crippen LogP contribution >= 0.6 is 0 Å². The molecule has 64 valence electrons. The van der Waals surface area contributed by atoms with Gasteiger partial charge in [0.2, 0.25) is 0 Å². The highest BCUT2D eigenvalue weighted by Crippen LogP contribution is 2.18. The number of fused-ring (bicyclic) bond motifs is 1. The maximum absolute atomic E-state index is 9.43. The maximum Gasteiger partial charge on any atom is 0.123 e. The summed E-state index contributed by atoms with van der Waals surface area (Å²) in [4.78, 5) is 0. The molecule has 0 spiro atoms.